The summed E-state index contributed by atoms with van der Waals surface area (Å²) < 4.78 is 9.57. The molecular formula is C18H25N3O6. The van der Waals surface area contributed by atoms with E-state index in [4.69, 9.17) is 4.74 Å². The van der Waals surface area contributed by atoms with Crippen molar-refractivity contribution in [3.8, 4) is 0 Å². The van der Waals surface area contributed by atoms with Crippen molar-refractivity contribution in [2.45, 2.75) is 32.4 Å². The average molecular weight is 379 g/mol. The number of alkyl carbamates (subject to hydrolysis) is 1. The molecule has 0 unspecified atom stereocenters. The third-order valence-corrected chi connectivity index (χ3v) is 3.45. The molecule has 0 aliphatic carbocycles. The highest BCUT2D eigenvalue weighted by atomic mass is 16.5. The first-order valence-corrected chi connectivity index (χ1v) is 8.54. The fourth-order valence-corrected chi connectivity index (χ4v) is 2.09. The van der Waals surface area contributed by atoms with E-state index in [2.05, 4.69) is 20.7 Å². The molecule has 0 spiro atoms. The Bertz CT molecular complexity index is 635. The molecule has 27 heavy (non-hydrogen) atoms. The summed E-state index contributed by atoms with van der Waals surface area (Å²) in [4.78, 5) is 46.6. The quantitative estimate of drug-likeness (QED) is 0.509. The number of benzene rings is 1. The minimum atomic E-state index is -0.754. The molecule has 0 bridgehead atoms. The second kappa shape index (κ2) is 12.3. The lowest BCUT2D eigenvalue weighted by molar-refractivity contribution is -0.145. The summed E-state index contributed by atoms with van der Waals surface area (Å²) in [5, 5.41) is 7.12. The van der Waals surface area contributed by atoms with Crippen molar-refractivity contribution >= 4 is 23.9 Å². The highest BCUT2D eigenvalue weighted by Crippen LogP contribution is 2.00. The summed E-state index contributed by atoms with van der Waals surface area (Å²) in [6.07, 6.45) is 0.370. The van der Waals surface area contributed by atoms with Gasteiger partial charge in [-0.05, 0) is 12.0 Å². The van der Waals surface area contributed by atoms with Crippen molar-refractivity contribution in [2.24, 2.45) is 0 Å². The topological polar surface area (TPSA) is 123 Å². The fourth-order valence-electron chi connectivity index (χ4n) is 2.09. The van der Waals surface area contributed by atoms with Gasteiger partial charge in [-0.15, -0.1) is 0 Å². The molecule has 3 amide bonds. The molecular weight excluding hydrogens is 354 g/mol. The van der Waals surface area contributed by atoms with E-state index in [-0.39, 0.29) is 19.7 Å². The summed E-state index contributed by atoms with van der Waals surface area (Å²) in [5.74, 6) is -1.63. The lowest BCUT2D eigenvalue weighted by Gasteiger charge is -2.15. The first kappa shape index (κ1) is 21.9. The lowest BCUT2D eigenvalue weighted by atomic mass is 10.1. The highest BCUT2D eigenvalue weighted by molar-refractivity contribution is 5.89. The van der Waals surface area contributed by atoms with Gasteiger partial charge in [0, 0.05) is 0 Å². The van der Waals surface area contributed by atoms with E-state index in [0.717, 1.165) is 5.56 Å². The molecule has 0 fully saturated rings. The normalized spacial score (nSPS) is 11.0. The Labute approximate surface area is 157 Å². The number of rotatable bonds is 10. The van der Waals surface area contributed by atoms with Crippen LogP contribution in [0.1, 0.15) is 25.3 Å². The van der Waals surface area contributed by atoms with Crippen molar-refractivity contribution in [1.29, 1.82) is 0 Å². The summed E-state index contributed by atoms with van der Waals surface area (Å²) >= 11 is 0. The minimum absolute atomic E-state index is 0.0864. The van der Waals surface area contributed by atoms with Gasteiger partial charge >= 0.3 is 12.1 Å². The molecule has 1 atom stereocenters. The molecule has 0 heterocycles. The number of hydrogen-bond donors (Lipinski definition) is 3. The van der Waals surface area contributed by atoms with E-state index < -0.39 is 29.9 Å². The highest BCUT2D eigenvalue weighted by Gasteiger charge is 2.20. The van der Waals surface area contributed by atoms with Crippen LogP contribution in [0.25, 0.3) is 0 Å². The zero-order valence-electron chi connectivity index (χ0n) is 15.4. The van der Waals surface area contributed by atoms with E-state index in [1.807, 2.05) is 25.1 Å². The van der Waals surface area contributed by atoms with E-state index >= 15 is 0 Å². The van der Waals surface area contributed by atoms with Crippen molar-refractivity contribution < 1.29 is 28.7 Å². The molecule has 0 aromatic heterocycles. The maximum atomic E-state index is 11.8. The fraction of sp³-hybridized carbons (Fsp3) is 0.444. The molecule has 0 aliphatic heterocycles. The predicted octanol–water partition coefficient (Wildman–Crippen LogP) is 0.487. The second-order valence-electron chi connectivity index (χ2n) is 5.62. The summed E-state index contributed by atoms with van der Waals surface area (Å²) in [5.41, 5.74) is 0.820. The van der Waals surface area contributed by atoms with Crippen LogP contribution in [0.15, 0.2) is 30.3 Å². The van der Waals surface area contributed by atoms with Gasteiger partial charge in [0.25, 0.3) is 0 Å². The molecule has 1 aromatic rings. The number of amides is 3. The van der Waals surface area contributed by atoms with Gasteiger partial charge in [0.05, 0.1) is 13.7 Å². The van der Waals surface area contributed by atoms with Crippen LogP contribution in [0.2, 0.25) is 0 Å². The number of carbonyl (C=O) groups is 4. The zero-order chi connectivity index (χ0) is 20.1. The van der Waals surface area contributed by atoms with Crippen molar-refractivity contribution in [2.75, 3.05) is 20.2 Å². The molecule has 9 heteroatoms. The van der Waals surface area contributed by atoms with Crippen LogP contribution in [-0.4, -0.2) is 50.1 Å². The lowest BCUT2D eigenvalue weighted by Crippen LogP contribution is -2.47. The Morgan fingerprint density at radius 3 is 2.30 bits per heavy atom. The van der Waals surface area contributed by atoms with Gasteiger partial charge in [0.1, 0.15) is 19.2 Å². The first-order valence-electron chi connectivity index (χ1n) is 8.54. The van der Waals surface area contributed by atoms with E-state index in [0.29, 0.717) is 12.8 Å². The second-order valence-corrected chi connectivity index (χ2v) is 5.62. The Balaban J connectivity index is 2.24. The van der Waals surface area contributed by atoms with Crippen LogP contribution in [0.3, 0.4) is 0 Å². The van der Waals surface area contributed by atoms with Crippen molar-refractivity contribution in [3.63, 3.8) is 0 Å². The molecule has 9 nitrogen and oxygen atoms in total. The van der Waals surface area contributed by atoms with Crippen LogP contribution >= 0.6 is 0 Å². The molecule has 3 N–H and O–H groups in total. The van der Waals surface area contributed by atoms with Gasteiger partial charge in [0.2, 0.25) is 11.8 Å². The Morgan fingerprint density at radius 2 is 1.67 bits per heavy atom. The Hall–Kier alpha value is -3.10. The third-order valence-electron chi connectivity index (χ3n) is 3.45. The molecule has 0 saturated carbocycles. The number of methoxy groups -OCH3 is 1. The monoisotopic (exact) mass is 379 g/mol. The molecule has 148 valence electrons. The number of esters is 1. The van der Waals surface area contributed by atoms with Gasteiger partial charge in [-0.3, -0.25) is 9.59 Å². The number of nitrogens with one attached hydrogen (secondary N) is 3. The number of carbonyl (C=O) groups excluding carboxylic acids is 4. The van der Waals surface area contributed by atoms with Crippen LogP contribution in [-0.2, 0) is 30.5 Å². The van der Waals surface area contributed by atoms with E-state index in [9.17, 15) is 19.2 Å². The van der Waals surface area contributed by atoms with Gasteiger partial charge in [-0.2, -0.15) is 0 Å². The Kier molecular flexibility index (Phi) is 9.98. The van der Waals surface area contributed by atoms with Crippen molar-refractivity contribution in [3.05, 3.63) is 35.9 Å². The smallest absolute Gasteiger partial charge is 0.407 e. The largest absolute Gasteiger partial charge is 0.467 e. The summed E-state index contributed by atoms with van der Waals surface area (Å²) in [6.45, 7) is 1.29. The molecule has 1 rings (SSSR count). The number of hydrogen-bond acceptors (Lipinski definition) is 6. The molecule has 0 saturated heterocycles. The minimum Gasteiger partial charge on any atom is -0.467 e. The van der Waals surface area contributed by atoms with Gasteiger partial charge in [-0.1, -0.05) is 43.7 Å². The molecule has 1 aromatic carbocycles. The standard InChI is InChI=1S/C18H25N3O6/c1-3-7-14(17(24)26-2)21-16(23)11-19-15(22)10-20-18(25)27-12-13-8-5-4-6-9-13/h4-6,8-9,14H,3,7,10-12H2,1-2H3,(H,19,22)(H,20,25)(H,21,23)/t14-/m0/s1. The SMILES string of the molecule is CCC[C@H](NC(=O)CNC(=O)CNC(=O)OCc1ccccc1)C(=O)OC. The van der Waals surface area contributed by atoms with Gasteiger partial charge < -0.3 is 25.4 Å². The third kappa shape index (κ3) is 9.24. The summed E-state index contributed by atoms with van der Waals surface area (Å²) in [7, 11) is 1.24. The predicted molar refractivity (Wildman–Crippen MR) is 96.5 cm³/mol. The van der Waals surface area contributed by atoms with Crippen molar-refractivity contribution in [1.82, 2.24) is 16.0 Å². The van der Waals surface area contributed by atoms with Crippen LogP contribution < -0.4 is 16.0 Å². The van der Waals surface area contributed by atoms with E-state index in [1.165, 1.54) is 7.11 Å². The van der Waals surface area contributed by atoms with Gasteiger partial charge in [0.15, 0.2) is 0 Å². The maximum Gasteiger partial charge on any atom is 0.407 e. The first-order chi connectivity index (χ1) is 13.0. The molecule has 0 radical (unpaired) electrons. The van der Waals surface area contributed by atoms with Gasteiger partial charge in [-0.25, -0.2) is 9.59 Å². The maximum absolute atomic E-state index is 11.8. The average Bonchev–Trinajstić information content (AvgIpc) is 2.69. The number of ether oxygens (including phenoxy) is 2. The molecule has 0 aliphatic rings. The summed E-state index contributed by atoms with van der Waals surface area (Å²) in [6, 6.07) is 8.34. The zero-order valence-corrected chi connectivity index (χ0v) is 15.4. The Morgan fingerprint density at radius 1 is 1.00 bits per heavy atom. The van der Waals surface area contributed by atoms with Crippen LogP contribution in [0, 0.1) is 0 Å². The van der Waals surface area contributed by atoms with E-state index in [1.54, 1.807) is 12.1 Å². The van der Waals surface area contributed by atoms with Crippen LogP contribution in [0.5, 0.6) is 0 Å². The van der Waals surface area contributed by atoms with Crippen LogP contribution in [0.4, 0.5) is 4.79 Å².